The van der Waals surface area contributed by atoms with Gasteiger partial charge in [-0.3, -0.25) is 9.36 Å². The fourth-order valence-electron chi connectivity index (χ4n) is 4.12. The molecule has 0 radical (unpaired) electrons. The Hall–Kier alpha value is -3.07. The number of halogens is 2. The van der Waals surface area contributed by atoms with Crippen LogP contribution in [0.3, 0.4) is 0 Å². The van der Waals surface area contributed by atoms with E-state index in [0.29, 0.717) is 48.4 Å². The molecule has 0 fully saturated rings. The highest BCUT2D eigenvalue weighted by molar-refractivity contribution is 7.07. The van der Waals surface area contributed by atoms with Crippen molar-refractivity contribution in [1.82, 2.24) is 4.57 Å². The van der Waals surface area contributed by atoms with E-state index in [1.54, 1.807) is 43.3 Å². The number of thiazole rings is 1. The molecule has 4 rings (SSSR count). The third-order valence-corrected chi connectivity index (χ3v) is 7.11. The minimum Gasteiger partial charge on any atom is -0.507 e. The molecule has 2 heterocycles. The Kier molecular flexibility index (Phi) is 7.88. The van der Waals surface area contributed by atoms with E-state index in [2.05, 4.69) is 0 Å². The van der Waals surface area contributed by atoms with Crippen LogP contribution in [-0.4, -0.2) is 29.4 Å². The average molecular weight is 547 g/mol. The van der Waals surface area contributed by atoms with Gasteiger partial charge in [-0.2, -0.15) is 0 Å². The van der Waals surface area contributed by atoms with Crippen LogP contribution in [0, 0.1) is 0 Å². The molecule has 1 N–H and O–H groups in total. The molecule has 10 heteroatoms. The van der Waals surface area contributed by atoms with Gasteiger partial charge in [-0.1, -0.05) is 47.9 Å². The van der Waals surface area contributed by atoms with E-state index < -0.39 is 12.0 Å². The number of methoxy groups -OCH3 is 1. The Morgan fingerprint density at radius 3 is 2.61 bits per heavy atom. The molecule has 1 atom stereocenters. The molecule has 0 saturated heterocycles. The molecule has 36 heavy (non-hydrogen) atoms. The van der Waals surface area contributed by atoms with Gasteiger partial charge in [0.15, 0.2) is 4.80 Å². The van der Waals surface area contributed by atoms with Gasteiger partial charge in [0.2, 0.25) is 0 Å². The van der Waals surface area contributed by atoms with Crippen molar-refractivity contribution in [2.45, 2.75) is 32.7 Å². The maximum absolute atomic E-state index is 13.8. The van der Waals surface area contributed by atoms with Gasteiger partial charge in [-0.15, -0.1) is 0 Å². The Bertz CT molecular complexity index is 1540. The van der Waals surface area contributed by atoms with Crippen LogP contribution < -0.4 is 19.6 Å². The number of phenols is 1. The van der Waals surface area contributed by atoms with Crippen molar-refractivity contribution in [3.63, 3.8) is 0 Å². The number of esters is 1. The number of allylic oxidation sites excluding steroid dienone is 1. The van der Waals surface area contributed by atoms with E-state index in [4.69, 9.17) is 37.7 Å². The number of aromatic hydroxyl groups is 1. The lowest BCUT2D eigenvalue weighted by atomic mass is 9.93. The van der Waals surface area contributed by atoms with Gasteiger partial charge in [0.25, 0.3) is 5.56 Å². The summed E-state index contributed by atoms with van der Waals surface area (Å²) < 4.78 is 12.8. The number of hydrogen-bond donors (Lipinski definition) is 1. The topological polar surface area (TPSA) is 90.1 Å². The number of ether oxygens (including phenoxy) is 2. The lowest BCUT2D eigenvalue weighted by Crippen LogP contribution is -2.40. The largest absolute Gasteiger partial charge is 0.507 e. The van der Waals surface area contributed by atoms with Crippen LogP contribution in [-0.2, 0) is 9.53 Å². The fourth-order valence-corrected chi connectivity index (χ4v) is 5.49. The van der Waals surface area contributed by atoms with Crippen LogP contribution in [0.1, 0.15) is 43.9 Å². The van der Waals surface area contributed by atoms with Gasteiger partial charge < -0.3 is 14.6 Å². The van der Waals surface area contributed by atoms with Crippen LogP contribution in [0.4, 0.5) is 0 Å². The minimum absolute atomic E-state index is 0.0165. The summed E-state index contributed by atoms with van der Waals surface area (Å²) in [5.74, 6) is -0.110. The van der Waals surface area contributed by atoms with Crippen molar-refractivity contribution in [2.75, 3.05) is 13.7 Å². The zero-order valence-electron chi connectivity index (χ0n) is 19.9. The van der Waals surface area contributed by atoms with Crippen LogP contribution >= 0.6 is 34.5 Å². The zero-order valence-corrected chi connectivity index (χ0v) is 22.2. The average Bonchev–Trinajstić information content (AvgIpc) is 3.15. The highest BCUT2D eigenvalue weighted by atomic mass is 35.5. The van der Waals surface area contributed by atoms with E-state index in [1.807, 2.05) is 6.92 Å². The van der Waals surface area contributed by atoms with Crippen molar-refractivity contribution in [1.29, 1.82) is 0 Å². The lowest BCUT2D eigenvalue weighted by molar-refractivity contribution is -0.139. The first-order chi connectivity index (χ1) is 17.3. The SMILES string of the molecule is CCCC1=C(C(=O)OCC)[C@H](c2cc(Cl)ccc2OC)n2c(s/c(=C/c3cc(Cl)ccc3O)c2=O)=N1. The summed E-state index contributed by atoms with van der Waals surface area (Å²) >= 11 is 13.6. The van der Waals surface area contributed by atoms with Crippen molar-refractivity contribution >= 4 is 46.6 Å². The zero-order chi connectivity index (χ0) is 26.0. The molecule has 0 amide bonds. The summed E-state index contributed by atoms with van der Waals surface area (Å²) in [5.41, 5.74) is 1.35. The first-order valence-electron chi connectivity index (χ1n) is 11.3. The molecule has 0 aliphatic carbocycles. The number of rotatable bonds is 7. The smallest absolute Gasteiger partial charge is 0.338 e. The number of carbonyl (C=O) groups is 1. The van der Waals surface area contributed by atoms with Crippen molar-refractivity contribution in [2.24, 2.45) is 4.99 Å². The number of benzene rings is 2. The summed E-state index contributed by atoms with van der Waals surface area (Å²) in [5, 5.41) is 11.1. The molecule has 0 bridgehead atoms. The van der Waals surface area contributed by atoms with Crippen molar-refractivity contribution < 1.29 is 19.4 Å². The Balaban J connectivity index is 2.07. The minimum atomic E-state index is -0.870. The third kappa shape index (κ3) is 4.93. The molecular formula is C26H24Cl2N2O5S. The van der Waals surface area contributed by atoms with E-state index in [-0.39, 0.29) is 23.5 Å². The third-order valence-electron chi connectivity index (χ3n) is 5.65. The van der Waals surface area contributed by atoms with Crippen molar-refractivity contribution in [3.8, 4) is 11.5 Å². The standard InChI is InChI=1S/C26H24Cl2N2O5S/c1-4-6-18-22(25(33)35-5-2)23(17-13-16(28)8-10-20(17)34-3)30-24(32)21(36-26(30)29-18)12-14-11-15(27)7-9-19(14)31/h7-13,23,31H,4-6H2,1-3H3/b21-12+/t23-/m0/s1. The second-order valence-corrected chi connectivity index (χ2v) is 9.88. The maximum atomic E-state index is 13.8. The summed E-state index contributed by atoms with van der Waals surface area (Å²) in [6.45, 7) is 3.87. The monoisotopic (exact) mass is 546 g/mol. The van der Waals surface area contributed by atoms with Crippen molar-refractivity contribution in [3.05, 3.63) is 88.5 Å². The number of hydrogen-bond acceptors (Lipinski definition) is 7. The van der Waals surface area contributed by atoms with Gasteiger partial charge in [0, 0.05) is 21.2 Å². The van der Waals surface area contributed by atoms with E-state index in [1.165, 1.54) is 17.7 Å². The number of carbonyl (C=O) groups excluding carboxylic acids is 1. The van der Waals surface area contributed by atoms with Gasteiger partial charge in [0.05, 0.1) is 29.5 Å². The number of fused-ring (bicyclic) bond motifs is 1. The fraction of sp³-hybridized carbons (Fsp3) is 0.269. The van der Waals surface area contributed by atoms with Crippen LogP contribution in [0.25, 0.3) is 6.08 Å². The summed E-state index contributed by atoms with van der Waals surface area (Å²) in [7, 11) is 1.51. The molecule has 0 unspecified atom stereocenters. The second-order valence-electron chi connectivity index (χ2n) is 8.00. The molecule has 1 aliphatic rings. The quantitative estimate of drug-likeness (QED) is 0.437. The van der Waals surface area contributed by atoms with Crippen LogP contribution in [0.15, 0.2) is 57.5 Å². The summed E-state index contributed by atoms with van der Waals surface area (Å²) in [4.78, 5) is 32.2. The Labute approximate surface area is 221 Å². The van der Waals surface area contributed by atoms with E-state index in [9.17, 15) is 14.7 Å². The molecule has 1 aromatic heterocycles. The molecule has 188 valence electrons. The first kappa shape index (κ1) is 26.0. The van der Waals surface area contributed by atoms with Gasteiger partial charge in [0.1, 0.15) is 17.5 Å². The van der Waals surface area contributed by atoms with Crippen LogP contribution in [0.2, 0.25) is 10.0 Å². The van der Waals surface area contributed by atoms with Gasteiger partial charge in [-0.05, 0) is 55.8 Å². The number of phenolic OH excluding ortho intramolecular Hbond substituents is 1. The summed E-state index contributed by atoms with van der Waals surface area (Å²) in [6, 6.07) is 8.77. The molecule has 7 nitrogen and oxygen atoms in total. The molecule has 0 spiro atoms. The summed E-state index contributed by atoms with van der Waals surface area (Å²) in [6.07, 6.45) is 2.80. The maximum Gasteiger partial charge on any atom is 0.338 e. The molecule has 3 aromatic rings. The van der Waals surface area contributed by atoms with Gasteiger partial charge in [-0.25, -0.2) is 9.79 Å². The molecule has 2 aromatic carbocycles. The van der Waals surface area contributed by atoms with E-state index >= 15 is 0 Å². The first-order valence-corrected chi connectivity index (χ1v) is 12.9. The van der Waals surface area contributed by atoms with Gasteiger partial charge >= 0.3 is 5.97 Å². The highest BCUT2D eigenvalue weighted by Gasteiger charge is 2.36. The predicted octanol–water partition coefficient (Wildman–Crippen LogP) is 4.60. The highest BCUT2D eigenvalue weighted by Crippen LogP contribution is 2.38. The number of nitrogens with zero attached hydrogens (tertiary/aromatic N) is 2. The molecule has 0 saturated carbocycles. The molecular weight excluding hydrogens is 523 g/mol. The Morgan fingerprint density at radius 1 is 1.19 bits per heavy atom. The normalized spacial score (nSPS) is 15.5. The lowest BCUT2D eigenvalue weighted by Gasteiger charge is -2.27. The molecule has 1 aliphatic heterocycles. The second kappa shape index (κ2) is 10.9. The Morgan fingerprint density at radius 2 is 1.92 bits per heavy atom. The predicted molar refractivity (Wildman–Crippen MR) is 141 cm³/mol. The van der Waals surface area contributed by atoms with E-state index in [0.717, 1.165) is 17.8 Å². The number of aromatic nitrogens is 1. The van der Waals surface area contributed by atoms with Crippen LogP contribution in [0.5, 0.6) is 11.5 Å².